The van der Waals surface area contributed by atoms with E-state index in [9.17, 15) is 24.3 Å². The Kier molecular flexibility index (Phi) is 14.9. The minimum Gasteiger partial charge on any atom is -0.508 e. The van der Waals surface area contributed by atoms with Crippen molar-refractivity contribution in [3.05, 3.63) is 64.7 Å². The van der Waals surface area contributed by atoms with E-state index in [4.69, 9.17) is 9.47 Å². The maximum absolute atomic E-state index is 14.6. The number of amides is 3. The van der Waals surface area contributed by atoms with Gasteiger partial charge in [-0.15, -0.1) is 0 Å². The van der Waals surface area contributed by atoms with E-state index in [1.807, 2.05) is 32.0 Å². The van der Waals surface area contributed by atoms with Crippen molar-refractivity contribution < 1.29 is 33.8 Å². The Balaban J connectivity index is 2.58. The van der Waals surface area contributed by atoms with Crippen LogP contribution in [0.5, 0.6) is 5.75 Å². The van der Waals surface area contributed by atoms with E-state index in [2.05, 4.69) is 17.6 Å². The molecule has 0 saturated heterocycles. The van der Waals surface area contributed by atoms with Crippen LogP contribution in [0.2, 0.25) is 0 Å². The van der Waals surface area contributed by atoms with E-state index in [0.717, 1.165) is 30.4 Å². The quantitative estimate of drug-likeness (QED) is 0.162. The topological polar surface area (TPSA) is 134 Å². The monoisotopic (exact) mass is 625 g/mol. The Morgan fingerprint density at radius 3 is 2.27 bits per heavy atom. The fourth-order valence-electron chi connectivity index (χ4n) is 4.93. The van der Waals surface area contributed by atoms with E-state index in [-0.39, 0.29) is 38.3 Å². The number of phenolic OH excluding ortho intramolecular Hbond substituents is 1. The molecule has 248 valence electrons. The molecule has 2 aromatic carbocycles. The first-order valence-corrected chi connectivity index (χ1v) is 15.8. The van der Waals surface area contributed by atoms with Gasteiger partial charge >= 0.3 is 12.1 Å². The summed E-state index contributed by atoms with van der Waals surface area (Å²) >= 11 is 0. The second kappa shape index (κ2) is 18.0. The molecule has 0 saturated carbocycles. The predicted octanol–water partition coefficient (Wildman–Crippen LogP) is 5.66. The van der Waals surface area contributed by atoms with Crippen LogP contribution in [-0.2, 0) is 30.3 Å². The number of hydrogen-bond acceptors (Lipinski definition) is 7. The van der Waals surface area contributed by atoms with Gasteiger partial charge in [0.2, 0.25) is 11.8 Å². The Bertz CT molecular complexity index is 1270. The highest BCUT2D eigenvalue weighted by atomic mass is 16.6. The molecule has 45 heavy (non-hydrogen) atoms. The van der Waals surface area contributed by atoms with Crippen LogP contribution in [0.3, 0.4) is 0 Å². The highest BCUT2D eigenvalue weighted by molar-refractivity contribution is 5.92. The Labute approximate surface area is 267 Å². The molecule has 0 fully saturated rings. The largest absolute Gasteiger partial charge is 0.508 e. The maximum atomic E-state index is 14.6. The van der Waals surface area contributed by atoms with Gasteiger partial charge < -0.3 is 30.1 Å². The van der Waals surface area contributed by atoms with Crippen LogP contribution in [0.25, 0.3) is 0 Å². The summed E-state index contributed by atoms with van der Waals surface area (Å²) in [6.07, 6.45) is 2.80. The minimum atomic E-state index is -1.07. The number of aromatic hydroxyl groups is 1. The molecule has 2 aromatic rings. The van der Waals surface area contributed by atoms with Crippen LogP contribution in [0.4, 0.5) is 4.79 Å². The fourth-order valence-corrected chi connectivity index (χ4v) is 4.93. The van der Waals surface area contributed by atoms with E-state index >= 15 is 0 Å². The molecule has 0 bridgehead atoms. The molecule has 0 aliphatic rings. The number of benzene rings is 2. The van der Waals surface area contributed by atoms with Crippen molar-refractivity contribution in [3.63, 3.8) is 0 Å². The first-order chi connectivity index (χ1) is 21.3. The third kappa shape index (κ3) is 12.4. The molecule has 0 heterocycles. The maximum Gasteiger partial charge on any atom is 0.408 e. The summed E-state index contributed by atoms with van der Waals surface area (Å²) in [5.74, 6) is -1.23. The molecule has 0 spiro atoms. The van der Waals surface area contributed by atoms with Crippen LogP contribution < -0.4 is 10.6 Å². The number of aryl methyl sites for hydroxylation is 1. The van der Waals surface area contributed by atoms with E-state index in [1.54, 1.807) is 44.7 Å². The smallest absolute Gasteiger partial charge is 0.408 e. The normalized spacial score (nSPS) is 12.5. The first-order valence-electron chi connectivity index (χ1n) is 15.8. The SMILES string of the molecule is CCCCCCN(C(=O)C(Cc1ccc(O)cc1)NC(=O)OC(C)(C)C)C(C(=O)NCCC(=O)OCC)c1cccc(C)c1C. The van der Waals surface area contributed by atoms with Crippen molar-refractivity contribution in [2.24, 2.45) is 0 Å². The van der Waals surface area contributed by atoms with Crippen molar-refractivity contribution in [2.45, 2.75) is 105 Å². The summed E-state index contributed by atoms with van der Waals surface area (Å²) < 4.78 is 10.5. The molecular formula is C35H51N3O7. The standard InChI is InChI=1S/C35H51N3O7/c1-8-10-11-12-22-38(31(28-15-13-14-24(3)25(28)4)32(41)36-21-20-30(40)44-9-2)33(42)29(37-34(43)45-35(5,6)7)23-26-16-18-27(39)19-17-26/h13-19,29,31,39H,8-12,20-23H2,1-7H3,(H,36,41)(H,37,43). The second-order valence-corrected chi connectivity index (χ2v) is 12.2. The molecule has 2 unspecified atom stereocenters. The lowest BCUT2D eigenvalue weighted by Crippen LogP contribution is -2.54. The third-order valence-corrected chi connectivity index (χ3v) is 7.34. The number of esters is 1. The summed E-state index contributed by atoms with van der Waals surface area (Å²) in [6, 6.07) is 9.93. The van der Waals surface area contributed by atoms with E-state index < -0.39 is 41.6 Å². The number of alkyl carbamates (subject to hydrolysis) is 1. The average Bonchev–Trinajstić information content (AvgIpc) is 2.96. The number of carbonyl (C=O) groups is 4. The third-order valence-electron chi connectivity index (χ3n) is 7.34. The van der Waals surface area contributed by atoms with Crippen molar-refractivity contribution in [3.8, 4) is 5.75 Å². The van der Waals surface area contributed by atoms with Crippen LogP contribution in [-0.4, -0.2) is 65.2 Å². The van der Waals surface area contributed by atoms with Gasteiger partial charge in [-0.3, -0.25) is 14.4 Å². The molecule has 10 heteroatoms. The predicted molar refractivity (Wildman–Crippen MR) is 174 cm³/mol. The molecule has 2 rings (SSSR count). The fraction of sp³-hybridized carbons (Fsp3) is 0.543. The number of hydrogen-bond donors (Lipinski definition) is 3. The van der Waals surface area contributed by atoms with Gasteiger partial charge in [0, 0.05) is 19.5 Å². The van der Waals surface area contributed by atoms with Crippen LogP contribution in [0.1, 0.15) is 95.0 Å². The summed E-state index contributed by atoms with van der Waals surface area (Å²) in [5, 5.41) is 15.4. The lowest BCUT2D eigenvalue weighted by atomic mass is 9.94. The van der Waals surface area contributed by atoms with Crippen LogP contribution in [0, 0.1) is 13.8 Å². The van der Waals surface area contributed by atoms with Crippen LogP contribution in [0.15, 0.2) is 42.5 Å². The van der Waals surface area contributed by atoms with E-state index in [0.29, 0.717) is 17.5 Å². The highest BCUT2D eigenvalue weighted by Crippen LogP contribution is 2.28. The van der Waals surface area contributed by atoms with Gasteiger partial charge in [0.15, 0.2) is 0 Å². The molecular weight excluding hydrogens is 574 g/mol. The minimum absolute atomic E-state index is 0.00672. The van der Waals surface area contributed by atoms with Gasteiger partial charge in [0.1, 0.15) is 23.4 Å². The average molecular weight is 626 g/mol. The lowest BCUT2D eigenvalue weighted by molar-refractivity contribution is -0.144. The van der Waals surface area contributed by atoms with Gasteiger partial charge in [-0.2, -0.15) is 0 Å². The molecule has 10 nitrogen and oxygen atoms in total. The number of rotatable bonds is 16. The zero-order valence-electron chi connectivity index (χ0n) is 27.9. The molecule has 2 atom stereocenters. The van der Waals surface area contributed by atoms with Gasteiger partial charge in [-0.25, -0.2) is 4.79 Å². The molecule has 0 aliphatic carbocycles. The van der Waals surface area contributed by atoms with Gasteiger partial charge in [0.05, 0.1) is 13.0 Å². The Morgan fingerprint density at radius 1 is 0.956 bits per heavy atom. The molecule has 3 N–H and O–H groups in total. The number of carbonyl (C=O) groups excluding carboxylic acids is 4. The van der Waals surface area contributed by atoms with Crippen LogP contribution >= 0.6 is 0 Å². The first kappa shape index (κ1) is 37.1. The second-order valence-electron chi connectivity index (χ2n) is 12.2. The summed E-state index contributed by atoms with van der Waals surface area (Å²) in [6.45, 7) is 13.4. The van der Waals surface area contributed by atoms with Gasteiger partial charge in [-0.1, -0.05) is 56.5 Å². The van der Waals surface area contributed by atoms with Crippen molar-refractivity contribution >= 4 is 23.9 Å². The zero-order valence-corrected chi connectivity index (χ0v) is 27.9. The summed E-state index contributed by atoms with van der Waals surface area (Å²) in [4.78, 5) is 55.2. The van der Waals surface area contributed by atoms with Gasteiger partial charge in [-0.05, 0) is 82.3 Å². The highest BCUT2D eigenvalue weighted by Gasteiger charge is 2.37. The lowest BCUT2D eigenvalue weighted by Gasteiger charge is -2.35. The van der Waals surface area contributed by atoms with Crippen molar-refractivity contribution in [1.82, 2.24) is 15.5 Å². The molecule has 3 amide bonds. The molecule has 0 aromatic heterocycles. The molecule has 0 aliphatic heterocycles. The Morgan fingerprint density at radius 2 is 1.64 bits per heavy atom. The summed E-state index contributed by atoms with van der Waals surface area (Å²) in [5.41, 5.74) is 2.39. The van der Waals surface area contributed by atoms with Gasteiger partial charge in [0.25, 0.3) is 0 Å². The molecule has 0 radical (unpaired) electrons. The van der Waals surface area contributed by atoms with E-state index in [1.165, 1.54) is 12.1 Å². The number of nitrogens with zero attached hydrogens (tertiary/aromatic N) is 1. The Hall–Kier alpha value is -4.08. The zero-order chi connectivity index (χ0) is 33.6. The number of unbranched alkanes of at least 4 members (excludes halogenated alkanes) is 3. The summed E-state index contributed by atoms with van der Waals surface area (Å²) in [7, 11) is 0. The number of phenols is 1. The number of ether oxygens (including phenoxy) is 2. The number of nitrogens with one attached hydrogen (secondary N) is 2. The van der Waals surface area contributed by atoms with Crippen molar-refractivity contribution in [1.29, 1.82) is 0 Å². The van der Waals surface area contributed by atoms with Crippen molar-refractivity contribution in [2.75, 3.05) is 19.7 Å².